The Morgan fingerprint density at radius 3 is 2.83 bits per heavy atom. The molecule has 23 heavy (non-hydrogen) atoms. The van der Waals surface area contributed by atoms with Gasteiger partial charge in [0.05, 0.1) is 18.9 Å². The van der Waals surface area contributed by atoms with Crippen LogP contribution >= 0.6 is 0 Å². The highest BCUT2D eigenvalue weighted by Gasteiger charge is 2.42. The smallest absolute Gasteiger partial charge is 0.262 e. The van der Waals surface area contributed by atoms with Gasteiger partial charge in [-0.05, 0) is 11.1 Å². The zero-order valence-electron chi connectivity index (χ0n) is 12.5. The maximum Gasteiger partial charge on any atom is 0.262 e. The number of carbonyl (C=O) groups excluding carboxylic acids is 1. The van der Waals surface area contributed by atoms with Gasteiger partial charge in [0.25, 0.3) is 5.92 Å². The summed E-state index contributed by atoms with van der Waals surface area (Å²) in [6.07, 6.45) is 4.84. The van der Waals surface area contributed by atoms with E-state index < -0.39 is 24.9 Å². The topological polar surface area (TPSA) is 59.0 Å². The van der Waals surface area contributed by atoms with Crippen LogP contribution < -0.4 is 10.6 Å². The van der Waals surface area contributed by atoms with Crippen molar-refractivity contribution in [1.82, 2.24) is 20.2 Å². The van der Waals surface area contributed by atoms with E-state index in [1.165, 1.54) is 0 Å². The highest BCUT2D eigenvalue weighted by molar-refractivity contribution is 5.82. The Hall–Kier alpha value is -2.28. The van der Waals surface area contributed by atoms with Crippen LogP contribution in [0.5, 0.6) is 0 Å². The van der Waals surface area contributed by atoms with Crippen molar-refractivity contribution in [3.8, 4) is 0 Å². The molecule has 1 amide bonds. The Bertz CT molecular complexity index is 672. The van der Waals surface area contributed by atoms with Crippen molar-refractivity contribution in [2.75, 3.05) is 6.54 Å². The van der Waals surface area contributed by atoms with E-state index in [9.17, 15) is 13.6 Å². The second kappa shape index (κ2) is 6.45. The third-order valence-electron chi connectivity index (χ3n) is 3.91. The van der Waals surface area contributed by atoms with Crippen molar-refractivity contribution < 1.29 is 13.6 Å². The van der Waals surface area contributed by atoms with Gasteiger partial charge < -0.3 is 9.88 Å². The monoisotopic (exact) mass is 320 g/mol. The number of nitrogens with zero attached hydrogens (tertiary/aromatic N) is 2. The highest BCUT2D eigenvalue weighted by Crippen LogP contribution is 2.25. The Morgan fingerprint density at radius 2 is 2.17 bits per heavy atom. The number of hydrogen-bond donors (Lipinski definition) is 2. The van der Waals surface area contributed by atoms with Crippen molar-refractivity contribution in [2.45, 2.75) is 31.5 Å². The number of carbonyl (C=O) groups is 1. The summed E-state index contributed by atoms with van der Waals surface area (Å²) in [7, 11) is 0. The van der Waals surface area contributed by atoms with Crippen LogP contribution in [0.1, 0.15) is 17.5 Å². The molecule has 2 aromatic rings. The number of aromatic nitrogens is 2. The molecule has 7 heteroatoms. The maximum atomic E-state index is 13.1. The van der Waals surface area contributed by atoms with E-state index in [0.29, 0.717) is 13.1 Å². The minimum Gasteiger partial charge on any atom is -0.351 e. The van der Waals surface area contributed by atoms with E-state index in [-0.39, 0.29) is 5.91 Å². The molecule has 1 saturated heterocycles. The first-order chi connectivity index (χ1) is 11.0. The van der Waals surface area contributed by atoms with Crippen LogP contribution in [-0.2, 0) is 17.9 Å². The van der Waals surface area contributed by atoms with Gasteiger partial charge in [-0.2, -0.15) is 0 Å². The lowest BCUT2D eigenvalue weighted by Gasteiger charge is -2.14. The van der Waals surface area contributed by atoms with E-state index >= 15 is 0 Å². The van der Waals surface area contributed by atoms with Gasteiger partial charge in [-0.1, -0.05) is 24.3 Å². The molecule has 0 aliphatic carbocycles. The molecule has 1 aliphatic heterocycles. The lowest BCUT2D eigenvalue weighted by atomic mass is 10.1. The number of amides is 1. The minimum absolute atomic E-state index is 0.313. The molecule has 0 radical (unpaired) electrons. The molecular weight excluding hydrogens is 302 g/mol. The Balaban J connectivity index is 1.61. The van der Waals surface area contributed by atoms with E-state index in [0.717, 1.165) is 11.1 Å². The molecule has 2 N–H and O–H groups in total. The van der Waals surface area contributed by atoms with Gasteiger partial charge >= 0.3 is 0 Å². The largest absolute Gasteiger partial charge is 0.351 e. The van der Waals surface area contributed by atoms with Gasteiger partial charge in [-0.15, -0.1) is 0 Å². The van der Waals surface area contributed by atoms with Crippen molar-refractivity contribution in [2.24, 2.45) is 0 Å². The molecule has 122 valence electrons. The molecule has 1 aromatic carbocycles. The molecule has 1 aliphatic rings. The predicted molar refractivity (Wildman–Crippen MR) is 81.0 cm³/mol. The molecule has 0 spiro atoms. The van der Waals surface area contributed by atoms with Gasteiger partial charge in [0.1, 0.15) is 0 Å². The molecular formula is C16H18F2N4O. The summed E-state index contributed by atoms with van der Waals surface area (Å²) in [5.74, 6) is -3.19. The van der Waals surface area contributed by atoms with Crippen molar-refractivity contribution >= 4 is 5.91 Å². The first-order valence-corrected chi connectivity index (χ1v) is 7.45. The van der Waals surface area contributed by atoms with Crippen LogP contribution in [0.25, 0.3) is 0 Å². The summed E-state index contributed by atoms with van der Waals surface area (Å²) in [6.45, 7) is 0.515. The average Bonchev–Trinajstić information content (AvgIpc) is 3.15. The third-order valence-corrected chi connectivity index (χ3v) is 3.91. The van der Waals surface area contributed by atoms with Crippen LogP contribution in [0.3, 0.4) is 0 Å². The number of benzene rings is 1. The minimum atomic E-state index is -2.80. The quantitative estimate of drug-likeness (QED) is 0.879. The SMILES string of the molecule is O=C(NCc1ccccc1Cn1ccnc1)C1CC(F)(F)CN1. The van der Waals surface area contributed by atoms with Crippen molar-refractivity contribution in [3.63, 3.8) is 0 Å². The molecule has 2 heterocycles. The molecule has 0 bridgehead atoms. The van der Waals surface area contributed by atoms with E-state index in [1.54, 1.807) is 12.5 Å². The third kappa shape index (κ3) is 3.92. The lowest BCUT2D eigenvalue weighted by molar-refractivity contribution is -0.123. The number of rotatable bonds is 5. The normalized spacial score (nSPS) is 19.7. The number of nitrogens with one attached hydrogen (secondary N) is 2. The molecule has 0 saturated carbocycles. The predicted octanol–water partition coefficient (Wildman–Crippen LogP) is 1.54. The van der Waals surface area contributed by atoms with E-state index in [4.69, 9.17) is 0 Å². The van der Waals surface area contributed by atoms with Crippen LogP contribution in [-0.4, -0.2) is 34.0 Å². The highest BCUT2D eigenvalue weighted by atomic mass is 19.3. The molecule has 1 unspecified atom stereocenters. The van der Waals surface area contributed by atoms with Crippen LogP contribution in [0, 0.1) is 0 Å². The van der Waals surface area contributed by atoms with Gasteiger partial charge in [0.2, 0.25) is 5.91 Å². The van der Waals surface area contributed by atoms with Gasteiger partial charge in [0, 0.05) is 31.9 Å². The van der Waals surface area contributed by atoms with Crippen molar-refractivity contribution in [3.05, 3.63) is 54.1 Å². The van der Waals surface area contributed by atoms with Gasteiger partial charge in [0.15, 0.2) is 0 Å². The molecule has 3 rings (SSSR count). The lowest BCUT2D eigenvalue weighted by Crippen LogP contribution is -2.40. The maximum absolute atomic E-state index is 13.1. The summed E-state index contributed by atoms with van der Waals surface area (Å²) in [4.78, 5) is 16.0. The fraction of sp³-hybridized carbons (Fsp3) is 0.375. The summed E-state index contributed by atoms with van der Waals surface area (Å²) in [5, 5.41) is 5.30. The van der Waals surface area contributed by atoms with Gasteiger partial charge in [-0.25, -0.2) is 13.8 Å². The fourth-order valence-electron chi connectivity index (χ4n) is 2.67. The van der Waals surface area contributed by atoms with Crippen LogP contribution in [0.4, 0.5) is 8.78 Å². The van der Waals surface area contributed by atoms with Crippen LogP contribution in [0.2, 0.25) is 0 Å². The number of imidazole rings is 1. The average molecular weight is 320 g/mol. The summed E-state index contributed by atoms with van der Waals surface area (Å²) in [5.41, 5.74) is 2.01. The van der Waals surface area contributed by atoms with E-state index in [2.05, 4.69) is 15.6 Å². The first kappa shape index (κ1) is 15.6. The summed E-state index contributed by atoms with van der Waals surface area (Å²) >= 11 is 0. The Morgan fingerprint density at radius 1 is 1.39 bits per heavy atom. The number of alkyl halides is 2. The summed E-state index contributed by atoms with van der Waals surface area (Å²) < 4.78 is 28.2. The standard InChI is InChI=1S/C16H18F2N4O/c17-16(18)7-14(21-10-16)15(23)20-8-12-3-1-2-4-13(12)9-22-6-5-19-11-22/h1-6,11,14,21H,7-10H2,(H,20,23). The molecule has 1 aromatic heterocycles. The first-order valence-electron chi connectivity index (χ1n) is 7.45. The molecule has 1 fully saturated rings. The van der Waals surface area contributed by atoms with Gasteiger partial charge in [-0.3, -0.25) is 10.1 Å². The molecule has 1 atom stereocenters. The molecule has 5 nitrogen and oxygen atoms in total. The van der Waals surface area contributed by atoms with E-state index in [1.807, 2.05) is 35.0 Å². The van der Waals surface area contributed by atoms with Crippen LogP contribution in [0.15, 0.2) is 43.0 Å². The Kier molecular flexibility index (Phi) is 4.38. The Labute approximate surface area is 132 Å². The second-order valence-electron chi connectivity index (χ2n) is 5.72. The van der Waals surface area contributed by atoms with Crippen molar-refractivity contribution in [1.29, 1.82) is 0 Å². The number of halogens is 2. The zero-order valence-corrected chi connectivity index (χ0v) is 12.5. The fourth-order valence-corrected chi connectivity index (χ4v) is 2.67. The second-order valence-corrected chi connectivity index (χ2v) is 5.72. The number of hydrogen-bond acceptors (Lipinski definition) is 3. The zero-order chi connectivity index (χ0) is 16.3. The summed E-state index contributed by atoms with van der Waals surface area (Å²) in [6, 6.07) is 6.88.